The van der Waals surface area contributed by atoms with Crippen molar-refractivity contribution in [1.82, 2.24) is 14.4 Å². The summed E-state index contributed by atoms with van der Waals surface area (Å²) in [6, 6.07) is 16.8. The summed E-state index contributed by atoms with van der Waals surface area (Å²) in [6.45, 7) is 9.59. The highest BCUT2D eigenvalue weighted by Crippen LogP contribution is 2.37. The lowest BCUT2D eigenvalue weighted by atomic mass is 9.89. The van der Waals surface area contributed by atoms with E-state index in [4.69, 9.17) is 9.57 Å². The highest BCUT2D eigenvalue weighted by atomic mass is 16.6. The zero-order valence-corrected chi connectivity index (χ0v) is 20.8. The molecule has 6 rings (SSSR count). The Hall–Kier alpha value is -3.13. The van der Waals surface area contributed by atoms with Gasteiger partial charge in [-0.25, -0.2) is 0 Å². The van der Waals surface area contributed by atoms with Crippen LogP contribution in [0.15, 0.2) is 65.5 Å². The van der Waals surface area contributed by atoms with Crippen molar-refractivity contribution in [3.8, 4) is 5.75 Å². The first-order valence-electron chi connectivity index (χ1n) is 13.0. The van der Waals surface area contributed by atoms with Gasteiger partial charge in [0, 0.05) is 69.0 Å². The lowest BCUT2D eigenvalue weighted by Crippen LogP contribution is -2.50. The number of aromatic nitrogens is 1. The summed E-state index contributed by atoms with van der Waals surface area (Å²) in [5.41, 5.74) is 5.78. The minimum absolute atomic E-state index is 0.0223. The molecule has 7 nitrogen and oxygen atoms in total. The number of rotatable bonds is 7. The van der Waals surface area contributed by atoms with Gasteiger partial charge in [0.25, 0.3) is 0 Å². The highest BCUT2D eigenvalue weighted by Gasteiger charge is 2.41. The van der Waals surface area contributed by atoms with Crippen molar-refractivity contribution in [3.63, 3.8) is 0 Å². The van der Waals surface area contributed by atoms with Gasteiger partial charge in [0.15, 0.2) is 6.10 Å². The Morgan fingerprint density at radius 2 is 1.89 bits per heavy atom. The molecule has 0 spiro atoms. The van der Waals surface area contributed by atoms with Crippen LogP contribution in [0, 0.1) is 5.92 Å². The van der Waals surface area contributed by atoms with E-state index in [-0.39, 0.29) is 18.6 Å². The normalized spacial score (nSPS) is 22.6. The summed E-state index contributed by atoms with van der Waals surface area (Å²) in [5, 5.41) is 15.0. The number of fused-ring (bicyclic) bond motifs is 4. The summed E-state index contributed by atoms with van der Waals surface area (Å²) in [7, 11) is 0. The Kier molecular flexibility index (Phi) is 6.52. The number of hydrogen-bond donors (Lipinski definition) is 1. The molecule has 0 radical (unpaired) electrons. The van der Waals surface area contributed by atoms with Crippen molar-refractivity contribution in [2.45, 2.75) is 19.6 Å². The van der Waals surface area contributed by atoms with E-state index in [9.17, 15) is 5.11 Å². The number of oxime groups is 1. The summed E-state index contributed by atoms with van der Waals surface area (Å²) in [4.78, 5) is 11.0. The Labute approximate surface area is 212 Å². The first kappa shape index (κ1) is 23.3. The van der Waals surface area contributed by atoms with E-state index >= 15 is 0 Å². The lowest BCUT2D eigenvalue weighted by molar-refractivity contribution is 0.0101. The second-order valence-corrected chi connectivity index (χ2v) is 10.2. The van der Waals surface area contributed by atoms with Crippen LogP contribution in [0.4, 0.5) is 0 Å². The van der Waals surface area contributed by atoms with E-state index in [2.05, 4.69) is 81.1 Å². The lowest BCUT2D eigenvalue weighted by Gasteiger charge is -2.36. The van der Waals surface area contributed by atoms with Crippen LogP contribution in [0.5, 0.6) is 5.75 Å². The Bertz CT molecular complexity index is 1270. The second-order valence-electron chi connectivity index (χ2n) is 10.2. The third-order valence-corrected chi connectivity index (χ3v) is 7.58. The van der Waals surface area contributed by atoms with Crippen molar-refractivity contribution in [3.05, 3.63) is 71.4 Å². The molecule has 1 fully saturated rings. The molecule has 0 bridgehead atoms. The molecular weight excluding hydrogens is 452 g/mol. The standard InChI is InChI=1S/C29H34N4O3/c1-21(15-22-5-3-2-4-6-22)18-31-9-11-32(12-10-31)19-28-25-20-35-27-17-26-23(7-8-33(26)13-14-34)16-24(27)29(25)30-36-28/h2-8,15-17,25,28,34H,9-14,18-20H2,1H3/b21-15+. The van der Waals surface area contributed by atoms with Crippen molar-refractivity contribution < 1.29 is 14.7 Å². The van der Waals surface area contributed by atoms with Gasteiger partial charge in [-0.2, -0.15) is 0 Å². The zero-order valence-electron chi connectivity index (χ0n) is 20.8. The van der Waals surface area contributed by atoms with Crippen LogP contribution in [0.3, 0.4) is 0 Å². The van der Waals surface area contributed by atoms with Gasteiger partial charge < -0.3 is 19.2 Å². The van der Waals surface area contributed by atoms with Gasteiger partial charge in [0.05, 0.1) is 18.0 Å². The van der Waals surface area contributed by atoms with E-state index in [0.717, 1.165) is 67.2 Å². The van der Waals surface area contributed by atoms with Gasteiger partial charge in [-0.05, 0) is 24.6 Å². The monoisotopic (exact) mass is 486 g/mol. The Balaban J connectivity index is 1.05. The number of nitrogens with zero attached hydrogens (tertiary/aromatic N) is 4. The van der Waals surface area contributed by atoms with Crippen LogP contribution >= 0.6 is 0 Å². The third kappa shape index (κ3) is 4.66. The van der Waals surface area contributed by atoms with E-state index in [1.54, 1.807) is 0 Å². The maximum absolute atomic E-state index is 9.33. The molecule has 0 amide bonds. The fraction of sp³-hybridized carbons (Fsp3) is 0.414. The molecule has 4 heterocycles. The molecule has 2 unspecified atom stereocenters. The maximum Gasteiger partial charge on any atom is 0.151 e. The minimum Gasteiger partial charge on any atom is -0.492 e. The third-order valence-electron chi connectivity index (χ3n) is 7.58. The smallest absolute Gasteiger partial charge is 0.151 e. The molecule has 3 aliphatic rings. The van der Waals surface area contributed by atoms with Crippen LogP contribution in [0.25, 0.3) is 17.0 Å². The summed E-state index contributed by atoms with van der Waals surface area (Å²) >= 11 is 0. The fourth-order valence-corrected chi connectivity index (χ4v) is 5.67. The van der Waals surface area contributed by atoms with Gasteiger partial charge >= 0.3 is 0 Å². The minimum atomic E-state index is 0.0223. The number of benzene rings is 2. The number of ether oxygens (including phenoxy) is 1. The first-order chi connectivity index (χ1) is 17.7. The number of aliphatic hydroxyl groups is 1. The molecule has 1 N–H and O–H groups in total. The molecule has 36 heavy (non-hydrogen) atoms. The zero-order chi connectivity index (χ0) is 24.5. The number of piperazine rings is 1. The molecular formula is C29H34N4O3. The van der Waals surface area contributed by atoms with Crippen molar-refractivity contribution in [2.24, 2.45) is 11.1 Å². The molecule has 188 valence electrons. The molecule has 1 saturated heterocycles. The van der Waals surface area contributed by atoms with Crippen LogP contribution in [-0.2, 0) is 11.4 Å². The topological polar surface area (TPSA) is 62.5 Å². The maximum atomic E-state index is 9.33. The average Bonchev–Trinajstić information content (AvgIpc) is 3.48. The first-order valence-corrected chi connectivity index (χ1v) is 13.0. The van der Waals surface area contributed by atoms with Crippen molar-refractivity contribution >= 4 is 22.7 Å². The van der Waals surface area contributed by atoms with Gasteiger partial charge in [0.1, 0.15) is 18.1 Å². The van der Waals surface area contributed by atoms with E-state index < -0.39 is 0 Å². The summed E-state index contributed by atoms with van der Waals surface area (Å²) in [5.74, 6) is 1.01. The highest BCUT2D eigenvalue weighted by molar-refractivity contribution is 6.08. The van der Waals surface area contributed by atoms with E-state index in [1.807, 2.05) is 6.20 Å². The molecule has 3 aliphatic heterocycles. The van der Waals surface area contributed by atoms with Gasteiger partial charge in [-0.1, -0.05) is 47.1 Å². The van der Waals surface area contributed by atoms with Gasteiger partial charge in [-0.15, -0.1) is 0 Å². The van der Waals surface area contributed by atoms with Crippen LogP contribution in [0.2, 0.25) is 0 Å². The van der Waals surface area contributed by atoms with Crippen LogP contribution in [0.1, 0.15) is 18.1 Å². The predicted molar refractivity (Wildman–Crippen MR) is 142 cm³/mol. The predicted octanol–water partition coefficient (Wildman–Crippen LogP) is 3.47. The Morgan fingerprint density at radius 1 is 1.08 bits per heavy atom. The molecule has 0 aliphatic carbocycles. The summed E-state index contributed by atoms with van der Waals surface area (Å²) in [6.07, 6.45) is 4.32. The number of hydrogen-bond acceptors (Lipinski definition) is 6. The molecule has 2 aromatic carbocycles. The molecule has 0 saturated carbocycles. The molecule has 7 heteroatoms. The van der Waals surface area contributed by atoms with Gasteiger partial charge in [-0.3, -0.25) is 9.80 Å². The quantitative estimate of drug-likeness (QED) is 0.554. The second kappa shape index (κ2) is 10.1. The van der Waals surface area contributed by atoms with Crippen LogP contribution < -0.4 is 4.74 Å². The van der Waals surface area contributed by atoms with Crippen molar-refractivity contribution in [1.29, 1.82) is 0 Å². The molecule has 3 aromatic rings. The molecule has 2 atom stereocenters. The largest absolute Gasteiger partial charge is 0.492 e. The SMILES string of the molecule is C/C(=C\c1ccccc1)CN1CCN(CC2ON=C3c4cc5ccn(CCO)c5cc4OCC32)CC1. The summed E-state index contributed by atoms with van der Waals surface area (Å²) < 4.78 is 8.26. The Morgan fingerprint density at radius 3 is 2.69 bits per heavy atom. The van der Waals surface area contributed by atoms with E-state index in [0.29, 0.717) is 13.2 Å². The van der Waals surface area contributed by atoms with Crippen molar-refractivity contribution in [2.75, 3.05) is 52.5 Å². The van der Waals surface area contributed by atoms with E-state index in [1.165, 1.54) is 11.1 Å². The van der Waals surface area contributed by atoms with Crippen LogP contribution in [-0.4, -0.2) is 83.8 Å². The number of aliphatic hydroxyl groups excluding tert-OH is 1. The average molecular weight is 487 g/mol. The fourth-order valence-electron chi connectivity index (χ4n) is 5.67. The van der Waals surface area contributed by atoms with Gasteiger partial charge in [0.2, 0.25) is 0 Å². The molecule has 1 aromatic heterocycles.